The molecule has 1 N–H and O–H groups in total. The van der Waals surface area contributed by atoms with E-state index in [2.05, 4.69) is 34.3 Å². The third-order valence-corrected chi connectivity index (χ3v) is 2.46. The molecule has 0 saturated carbocycles. The van der Waals surface area contributed by atoms with Crippen molar-refractivity contribution >= 4 is 5.97 Å². The smallest absolute Gasteiger partial charge is 0.333 e. The maximum atomic E-state index is 11.1. The summed E-state index contributed by atoms with van der Waals surface area (Å²) in [5.74, 6) is -0.290. The van der Waals surface area contributed by atoms with Gasteiger partial charge in [0.15, 0.2) is 0 Å². The summed E-state index contributed by atoms with van der Waals surface area (Å²) in [6.07, 6.45) is 0. The maximum absolute atomic E-state index is 11.1. The van der Waals surface area contributed by atoms with Gasteiger partial charge in [-0.2, -0.15) is 0 Å². The molecular formula is C12H24NO2+. The van der Waals surface area contributed by atoms with E-state index in [4.69, 9.17) is 4.74 Å². The predicted molar refractivity (Wildman–Crippen MR) is 61.9 cm³/mol. The summed E-state index contributed by atoms with van der Waals surface area (Å²) < 4.78 is 5.07. The summed E-state index contributed by atoms with van der Waals surface area (Å²) in [5, 5.41) is 0. The van der Waals surface area contributed by atoms with Gasteiger partial charge in [-0.3, -0.25) is 0 Å². The normalized spacial score (nSPS) is 11.2. The van der Waals surface area contributed by atoms with Gasteiger partial charge in [0, 0.05) is 5.57 Å². The number of quaternary nitrogens is 1. The fourth-order valence-electron chi connectivity index (χ4n) is 1.63. The van der Waals surface area contributed by atoms with Crippen LogP contribution in [0.25, 0.3) is 0 Å². The van der Waals surface area contributed by atoms with Crippen molar-refractivity contribution in [1.29, 1.82) is 0 Å². The minimum absolute atomic E-state index is 0.290. The van der Waals surface area contributed by atoms with Gasteiger partial charge in [0.1, 0.15) is 13.2 Å². The molecule has 0 aliphatic rings. The van der Waals surface area contributed by atoms with Gasteiger partial charge in [-0.15, -0.1) is 0 Å². The van der Waals surface area contributed by atoms with Crippen LogP contribution in [0.4, 0.5) is 0 Å². The van der Waals surface area contributed by atoms with Crippen molar-refractivity contribution < 1.29 is 14.4 Å². The lowest BCUT2D eigenvalue weighted by atomic mass is 10.2. The highest BCUT2D eigenvalue weighted by atomic mass is 16.5. The lowest BCUT2D eigenvalue weighted by molar-refractivity contribution is -0.942. The molecule has 0 heterocycles. The summed E-state index contributed by atoms with van der Waals surface area (Å²) in [5.41, 5.74) is 0.464. The molecule has 0 aliphatic carbocycles. The zero-order valence-electron chi connectivity index (χ0n) is 10.6. The van der Waals surface area contributed by atoms with Crippen molar-refractivity contribution in [2.24, 2.45) is 0 Å². The molecule has 0 spiro atoms. The Morgan fingerprint density at radius 2 is 1.73 bits per heavy atom. The van der Waals surface area contributed by atoms with Gasteiger partial charge in [-0.1, -0.05) is 6.58 Å². The molecule has 0 unspecified atom stereocenters. The van der Waals surface area contributed by atoms with Gasteiger partial charge < -0.3 is 9.64 Å². The van der Waals surface area contributed by atoms with Crippen LogP contribution < -0.4 is 4.90 Å². The number of nitrogens with one attached hydrogen (secondary N) is 1. The molecule has 0 saturated heterocycles. The lowest BCUT2D eigenvalue weighted by Crippen LogP contribution is -3.18. The Hall–Kier alpha value is -0.830. The molecular weight excluding hydrogens is 190 g/mol. The summed E-state index contributed by atoms with van der Waals surface area (Å²) in [4.78, 5) is 12.6. The van der Waals surface area contributed by atoms with Crippen LogP contribution in [-0.4, -0.2) is 31.2 Å². The number of carbonyl (C=O) groups excluding carboxylic acids is 1. The van der Waals surface area contributed by atoms with E-state index in [1.165, 1.54) is 4.90 Å². The van der Waals surface area contributed by atoms with E-state index in [-0.39, 0.29) is 5.97 Å². The van der Waals surface area contributed by atoms with Gasteiger partial charge >= 0.3 is 5.97 Å². The van der Waals surface area contributed by atoms with Crippen molar-refractivity contribution in [3.63, 3.8) is 0 Å². The first-order valence-electron chi connectivity index (χ1n) is 5.54. The Kier molecular flexibility index (Phi) is 6.25. The van der Waals surface area contributed by atoms with Gasteiger partial charge in [0.2, 0.25) is 0 Å². The van der Waals surface area contributed by atoms with E-state index in [0.717, 1.165) is 6.54 Å². The summed E-state index contributed by atoms with van der Waals surface area (Å²) in [6, 6.07) is 1.10. The average Bonchev–Trinajstić information content (AvgIpc) is 2.10. The lowest BCUT2D eigenvalue weighted by Gasteiger charge is -2.27. The number of ether oxygens (including phenoxy) is 1. The Morgan fingerprint density at radius 1 is 1.27 bits per heavy atom. The van der Waals surface area contributed by atoms with Crippen LogP contribution in [0, 0.1) is 0 Å². The molecule has 0 aromatic rings. The fourth-order valence-corrected chi connectivity index (χ4v) is 1.63. The second kappa shape index (κ2) is 6.62. The van der Waals surface area contributed by atoms with E-state index in [1.54, 1.807) is 6.92 Å². The van der Waals surface area contributed by atoms with Crippen LogP contribution in [-0.2, 0) is 9.53 Å². The largest absolute Gasteiger partial charge is 0.456 e. The quantitative estimate of drug-likeness (QED) is 0.524. The van der Waals surface area contributed by atoms with Crippen molar-refractivity contribution in [1.82, 2.24) is 0 Å². The summed E-state index contributed by atoms with van der Waals surface area (Å²) in [7, 11) is 0. The first-order valence-corrected chi connectivity index (χ1v) is 5.54. The van der Waals surface area contributed by atoms with Gasteiger partial charge in [0.05, 0.1) is 12.1 Å². The molecule has 88 valence electrons. The Balaban J connectivity index is 3.92. The number of esters is 1. The van der Waals surface area contributed by atoms with Gasteiger partial charge in [0.25, 0.3) is 0 Å². The highest BCUT2D eigenvalue weighted by molar-refractivity contribution is 5.86. The van der Waals surface area contributed by atoms with Crippen molar-refractivity contribution in [2.45, 2.75) is 46.7 Å². The standard InChI is InChI=1S/C12H23NO2/c1-9(2)12(14)15-8-7-13(10(3)4)11(5)6/h10-11H,1,7-8H2,2-6H3/p+1. The third kappa shape index (κ3) is 5.57. The minimum Gasteiger partial charge on any atom is -0.456 e. The zero-order chi connectivity index (χ0) is 12.0. The predicted octanol–water partition coefficient (Wildman–Crippen LogP) is 0.807. The third-order valence-electron chi connectivity index (χ3n) is 2.46. The first kappa shape index (κ1) is 14.2. The average molecular weight is 214 g/mol. The molecule has 0 radical (unpaired) electrons. The Morgan fingerprint density at radius 3 is 2.07 bits per heavy atom. The molecule has 0 aliphatic heterocycles. The maximum Gasteiger partial charge on any atom is 0.333 e. The topological polar surface area (TPSA) is 30.7 Å². The van der Waals surface area contributed by atoms with Crippen LogP contribution in [0.5, 0.6) is 0 Å². The van der Waals surface area contributed by atoms with E-state index >= 15 is 0 Å². The number of hydrogen-bond acceptors (Lipinski definition) is 2. The Bertz CT molecular complexity index is 214. The molecule has 15 heavy (non-hydrogen) atoms. The molecule has 3 heteroatoms. The minimum atomic E-state index is -0.290. The molecule has 0 aromatic heterocycles. The molecule has 0 bridgehead atoms. The molecule has 3 nitrogen and oxygen atoms in total. The number of hydrogen-bond donors (Lipinski definition) is 1. The second-order valence-corrected chi connectivity index (χ2v) is 4.55. The SMILES string of the molecule is C=C(C)C(=O)OCC[NH+](C(C)C)C(C)C. The second-order valence-electron chi connectivity index (χ2n) is 4.55. The van der Waals surface area contributed by atoms with Crippen LogP contribution in [0.2, 0.25) is 0 Å². The Labute approximate surface area is 93.1 Å². The van der Waals surface area contributed by atoms with Gasteiger partial charge in [-0.05, 0) is 34.6 Å². The molecule has 0 atom stereocenters. The van der Waals surface area contributed by atoms with Crippen LogP contribution in [0.1, 0.15) is 34.6 Å². The number of rotatable bonds is 6. The molecule has 0 fully saturated rings. The van der Waals surface area contributed by atoms with Crippen molar-refractivity contribution in [3.05, 3.63) is 12.2 Å². The molecule has 0 amide bonds. The summed E-state index contributed by atoms with van der Waals surface area (Å²) >= 11 is 0. The highest BCUT2D eigenvalue weighted by Gasteiger charge is 2.17. The van der Waals surface area contributed by atoms with Gasteiger partial charge in [-0.25, -0.2) is 4.79 Å². The van der Waals surface area contributed by atoms with Crippen molar-refractivity contribution in [2.75, 3.05) is 13.2 Å². The van der Waals surface area contributed by atoms with Crippen LogP contribution >= 0.6 is 0 Å². The van der Waals surface area contributed by atoms with E-state index in [9.17, 15) is 4.79 Å². The van der Waals surface area contributed by atoms with Crippen LogP contribution in [0.15, 0.2) is 12.2 Å². The highest BCUT2D eigenvalue weighted by Crippen LogP contribution is 1.90. The molecule has 0 rings (SSSR count). The van der Waals surface area contributed by atoms with E-state index < -0.39 is 0 Å². The van der Waals surface area contributed by atoms with E-state index in [0.29, 0.717) is 24.3 Å². The molecule has 0 aromatic carbocycles. The fraction of sp³-hybridized carbons (Fsp3) is 0.750. The first-order chi connectivity index (χ1) is 6.86. The zero-order valence-corrected chi connectivity index (χ0v) is 10.6. The summed E-state index contributed by atoms with van der Waals surface area (Å²) in [6.45, 7) is 15.2. The van der Waals surface area contributed by atoms with Crippen LogP contribution in [0.3, 0.4) is 0 Å². The monoisotopic (exact) mass is 214 g/mol. The van der Waals surface area contributed by atoms with E-state index in [1.807, 2.05) is 0 Å². The van der Waals surface area contributed by atoms with Crippen molar-refractivity contribution in [3.8, 4) is 0 Å². The number of carbonyl (C=O) groups is 1.